The number of nitrogens with one attached hydrogen (secondary N) is 1. The lowest BCUT2D eigenvalue weighted by Gasteiger charge is -2.32. The maximum atomic E-state index is 10.1. The van der Waals surface area contributed by atoms with Gasteiger partial charge in [0.05, 0.1) is 12.1 Å². The van der Waals surface area contributed by atoms with Crippen LogP contribution in [0, 0.1) is 0 Å². The number of benzene rings is 2. The summed E-state index contributed by atoms with van der Waals surface area (Å²) in [6, 6.07) is 21.1. The van der Waals surface area contributed by atoms with Gasteiger partial charge in [0, 0.05) is 19.1 Å². The van der Waals surface area contributed by atoms with Crippen molar-refractivity contribution in [3.8, 4) is 0 Å². The van der Waals surface area contributed by atoms with Gasteiger partial charge in [-0.25, -0.2) is 0 Å². The van der Waals surface area contributed by atoms with Gasteiger partial charge in [-0.3, -0.25) is 4.84 Å². The Morgan fingerprint density at radius 1 is 0.769 bits per heavy atom. The van der Waals surface area contributed by atoms with Crippen molar-refractivity contribution >= 4 is 0 Å². The standard InChI is InChI=1S/C15H19NO3.C15H21NO3.CH4/c1-15(2)17-13-11-8-12(14(13)18-15)19-16(11)9-10-6-4-3-5-7-10;1-15(2)18-13-11(8-12(17)14(13)19-15)16-9-10-6-4-3-5-7-10;/h3-7,11-14H,8-9H2,1-2H3;3-7,11-14,16-17H,8-9H2,1-2H3;1H4/t2*11-,12+,13+,14-;/m11./s1. The Labute approximate surface area is 232 Å². The van der Waals surface area contributed by atoms with E-state index in [-0.39, 0.29) is 44.0 Å². The summed E-state index contributed by atoms with van der Waals surface area (Å²) in [6.45, 7) is 9.34. The van der Waals surface area contributed by atoms with Crippen LogP contribution < -0.4 is 5.32 Å². The van der Waals surface area contributed by atoms with Gasteiger partial charge in [0.2, 0.25) is 0 Å². The van der Waals surface area contributed by atoms with Crippen LogP contribution in [0.5, 0.6) is 0 Å². The molecule has 2 N–H and O–H groups in total. The molecule has 3 saturated heterocycles. The molecule has 0 aromatic heterocycles. The fourth-order valence-corrected chi connectivity index (χ4v) is 6.46. The molecule has 0 amide bonds. The first-order valence-electron chi connectivity index (χ1n) is 13.8. The van der Waals surface area contributed by atoms with Crippen LogP contribution in [0.2, 0.25) is 0 Å². The molecule has 3 heterocycles. The Morgan fingerprint density at radius 2 is 1.33 bits per heavy atom. The molecular weight excluding hydrogens is 496 g/mol. The lowest BCUT2D eigenvalue weighted by molar-refractivity contribution is -0.229. The first-order chi connectivity index (χ1) is 18.2. The van der Waals surface area contributed by atoms with E-state index in [4.69, 9.17) is 23.8 Å². The van der Waals surface area contributed by atoms with E-state index >= 15 is 0 Å². The monoisotopic (exact) mass is 540 g/mol. The normalized spacial score (nSPS) is 37.1. The number of nitrogens with zero attached hydrogens (tertiary/aromatic N) is 1. The molecule has 39 heavy (non-hydrogen) atoms. The fraction of sp³-hybridized carbons (Fsp3) is 0.613. The van der Waals surface area contributed by atoms with E-state index in [0.717, 1.165) is 19.5 Å². The Kier molecular flexibility index (Phi) is 8.21. The van der Waals surface area contributed by atoms with Crippen LogP contribution in [0.1, 0.15) is 59.1 Å². The zero-order chi connectivity index (χ0) is 26.5. The quantitative estimate of drug-likeness (QED) is 0.585. The van der Waals surface area contributed by atoms with E-state index in [9.17, 15) is 5.11 Å². The van der Waals surface area contributed by atoms with Gasteiger partial charge in [0.15, 0.2) is 11.6 Å². The first-order valence-corrected chi connectivity index (χ1v) is 13.8. The first kappa shape index (κ1) is 28.6. The van der Waals surface area contributed by atoms with E-state index < -0.39 is 17.7 Å². The van der Waals surface area contributed by atoms with Gasteiger partial charge in [-0.1, -0.05) is 68.1 Å². The molecule has 5 fully saturated rings. The third kappa shape index (κ3) is 6.09. The molecule has 5 aliphatic rings. The summed E-state index contributed by atoms with van der Waals surface area (Å²) >= 11 is 0. The lowest BCUT2D eigenvalue weighted by atomic mass is 10.1. The Bertz CT molecular complexity index is 1060. The molecule has 2 bridgehead atoms. The van der Waals surface area contributed by atoms with E-state index in [1.165, 1.54) is 11.1 Å². The molecule has 0 spiro atoms. The number of aliphatic hydroxyl groups is 1. The number of rotatable bonds is 5. The third-order valence-electron chi connectivity index (χ3n) is 8.05. The summed E-state index contributed by atoms with van der Waals surface area (Å²) in [5.41, 5.74) is 2.50. The number of hydrogen-bond donors (Lipinski definition) is 2. The van der Waals surface area contributed by atoms with Crippen molar-refractivity contribution in [1.82, 2.24) is 10.4 Å². The predicted octanol–water partition coefficient (Wildman–Crippen LogP) is 4.16. The predicted molar refractivity (Wildman–Crippen MR) is 147 cm³/mol. The van der Waals surface area contributed by atoms with Crippen LogP contribution in [0.15, 0.2) is 60.7 Å². The number of hydrogen-bond acceptors (Lipinski definition) is 8. The van der Waals surface area contributed by atoms with Gasteiger partial charge in [-0.2, -0.15) is 5.06 Å². The van der Waals surface area contributed by atoms with E-state index in [2.05, 4.69) is 46.8 Å². The molecule has 214 valence electrons. The van der Waals surface area contributed by atoms with Crippen LogP contribution in [-0.4, -0.2) is 70.5 Å². The van der Waals surface area contributed by atoms with Gasteiger partial charge < -0.3 is 29.4 Å². The van der Waals surface area contributed by atoms with Gasteiger partial charge in [0.25, 0.3) is 0 Å². The van der Waals surface area contributed by atoms with Crippen molar-refractivity contribution < 1.29 is 28.9 Å². The number of hydroxylamine groups is 2. The van der Waals surface area contributed by atoms with Crippen LogP contribution in [-0.2, 0) is 36.9 Å². The van der Waals surface area contributed by atoms with Crippen molar-refractivity contribution in [2.75, 3.05) is 0 Å². The zero-order valence-corrected chi connectivity index (χ0v) is 22.7. The Hall–Kier alpha value is -1.88. The summed E-state index contributed by atoms with van der Waals surface area (Å²) in [5.74, 6) is -1.07. The van der Waals surface area contributed by atoms with Gasteiger partial charge >= 0.3 is 0 Å². The van der Waals surface area contributed by atoms with E-state index in [1.807, 2.05) is 52.0 Å². The molecule has 8 nitrogen and oxygen atoms in total. The van der Waals surface area contributed by atoms with Crippen molar-refractivity contribution in [2.24, 2.45) is 0 Å². The molecule has 8 heteroatoms. The smallest absolute Gasteiger partial charge is 0.163 e. The molecule has 2 aromatic carbocycles. The lowest BCUT2D eigenvalue weighted by Crippen LogP contribution is -2.46. The van der Waals surface area contributed by atoms with E-state index in [1.54, 1.807) is 0 Å². The van der Waals surface area contributed by atoms with Crippen molar-refractivity contribution in [3.63, 3.8) is 0 Å². The van der Waals surface area contributed by atoms with Crippen molar-refractivity contribution in [1.29, 1.82) is 0 Å². The maximum absolute atomic E-state index is 10.1. The molecule has 0 unspecified atom stereocenters. The highest BCUT2D eigenvalue weighted by atomic mass is 16.8. The maximum Gasteiger partial charge on any atom is 0.163 e. The van der Waals surface area contributed by atoms with Gasteiger partial charge in [0.1, 0.15) is 30.5 Å². The van der Waals surface area contributed by atoms with E-state index in [0.29, 0.717) is 12.5 Å². The highest BCUT2D eigenvalue weighted by Crippen LogP contribution is 2.46. The summed E-state index contributed by atoms with van der Waals surface area (Å²) in [5, 5.41) is 15.6. The largest absolute Gasteiger partial charge is 0.390 e. The minimum absolute atomic E-state index is 0. The molecule has 8 atom stereocenters. The molecule has 0 radical (unpaired) electrons. The number of aliphatic hydroxyl groups excluding tert-OH is 1. The number of ether oxygens (including phenoxy) is 4. The van der Waals surface area contributed by atoms with Crippen LogP contribution in [0.3, 0.4) is 0 Å². The molecule has 2 saturated carbocycles. The van der Waals surface area contributed by atoms with Gasteiger partial charge in [-0.15, -0.1) is 0 Å². The van der Waals surface area contributed by atoms with Crippen molar-refractivity contribution in [2.45, 2.75) is 121 Å². The topological polar surface area (TPSA) is 81.7 Å². The summed E-state index contributed by atoms with van der Waals surface area (Å²) in [4.78, 5) is 6.00. The molecule has 2 aromatic rings. The van der Waals surface area contributed by atoms with Gasteiger partial charge in [-0.05, 0) is 51.7 Å². The minimum atomic E-state index is -0.594. The molecule has 2 aliphatic carbocycles. The van der Waals surface area contributed by atoms with Crippen LogP contribution in [0.4, 0.5) is 0 Å². The Balaban J connectivity index is 0.000000154. The summed E-state index contributed by atoms with van der Waals surface area (Å²) in [7, 11) is 0. The third-order valence-corrected chi connectivity index (χ3v) is 8.05. The van der Waals surface area contributed by atoms with Crippen LogP contribution in [0.25, 0.3) is 0 Å². The highest BCUT2D eigenvalue weighted by molar-refractivity contribution is 5.16. The second kappa shape index (κ2) is 11.2. The second-order valence-corrected chi connectivity index (χ2v) is 11.9. The number of fused-ring (bicyclic) bond motifs is 6. The average Bonchev–Trinajstić information content (AvgIpc) is 3.65. The zero-order valence-electron chi connectivity index (χ0n) is 22.7. The fourth-order valence-electron chi connectivity index (χ4n) is 6.46. The second-order valence-electron chi connectivity index (χ2n) is 11.9. The summed E-state index contributed by atoms with van der Waals surface area (Å²) in [6.07, 6.45) is 1.39. The molecule has 3 aliphatic heterocycles. The summed E-state index contributed by atoms with van der Waals surface area (Å²) < 4.78 is 23.6. The minimum Gasteiger partial charge on any atom is -0.390 e. The SMILES string of the molecule is C.CC1(C)O[C@@H]2[C@H](O1)[C@@H](O)C[C@H]2NCc1ccccc1.CC1(C)O[C@@H]2[C@H](O1)[C@@H]1C[C@H]2N(Cc2ccccc2)O1. The molecule has 7 rings (SSSR count). The molecular formula is C31H44N2O6. The van der Waals surface area contributed by atoms with Crippen molar-refractivity contribution in [3.05, 3.63) is 71.8 Å². The van der Waals surface area contributed by atoms with Crippen LogP contribution >= 0.6 is 0 Å². The average molecular weight is 541 g/mol. The highest BCUT2D eigenvalue weighted by Gasteiger charge is 2.61. The Morgan fingerprint density at radius 3 is 2.00 bits per heavy atom.